The van der Waals surface area contributed by atoms with Gasteiger partial charge in [0.05, 0.1) is 11.6 Å². The quantitative estimate of drug-likeness (QED) is 0.873. The van der Waals surface area contributed by atoms with Crippen molar-refractivity contribution in [3.05, 3.63) is 35.7 Å². The average Bonchev–Trinajstić information content (AvgIpc) is 3.12. The standard InChI is InChI=1S/C17H22F3N5O/c1-12(25-9-7-24(6-5-21)8-10-25)16-22-15(23-26-16)13-3-2-4-14(11-13)17(18,19)20/h2-4,11-12H,5-10,21H2,1H3. The highest BCUT2D eigenvalue weighted by Crippen LogP contribution is 2.32. The van der Waals surface area contributed by atoms with Crippen molar-refractivity contribution < 1.29 is 17.7 Å². The molecule has 1 aromatic heterocycles. The van der Waals surface area contributed by atoms with Crippen LogP contribution in [-0.4, -0.2) is 59.2 Å². The van der Waals surface area contributed by atoms with Gasteiger partial charge >= 0.3 is 6.18 Å². The van der Waals surface area contributed by atoms with Crippen LogP contribution >= 0.6 is 0 Å². The van der Waals surface area contributed by atoms with E-state index < -0.39 is 11.7 Å². The second kappa shape index (κ2) is 7.73. The Morgan fingerprint density at radius 2 is 1.96 bits per heavy atom. The molecule has 1 aliphatic rings. The summed E-state index contributed by atoms with van der Waals surface area (Å²) in [4.78, 5) is 8.83. The van der Waals surface area contributed by atoms with E-state index in [1.54, 1.807) is 6.07 Å². The number of hydrogen-bond donors (Lipinski definition) is 1. The molecule has 26 heavy (non-hydrogen) atoms. The molecule has 0 spiro atoms. The summed E-state index contributed by atoms with van der Waals surface area (Å²) in [6.07, 6.45) is -4.40. The first-order chi connectivity index (χ1) is 12.4. The van der Waals surface area contributed by atoms with Gasteiger partial charge in [0.2, 0.25) is 11.7 Å². The van der Waals surface area contributed by atoms with E-state index in [0.717, 1.165) is 44.9 Å². The molecule has 142 valence electrons. The highest BCUT2D eigenvalue weighted by molar-refractivity contribution is 5.55. The molecule has 2 heterocycles. The summed E-state index contributed by atoms with van der Waals surface area (Å²) in [5.41, 5.74) is 5.14. The number of nitrogens with two attached hydrogens (primary N) is 1. The molecule has 0 bridgehead atoms. The Labute approximate surface area is 149 Å². The van der Waals surface area contributed by atoms with Gasteiger partial charge in [-0.2, -0.15) is 18.2 Å². The number of alkyl halides is 3. The van der Waals surface area contributed by atoms with Crippen molar-refractivity contribution in [1.29, 1.82) is 0 Å². The molecule has 6 nitrogen and oxygen atoms in total. The van der Waals surface area contributed by atoms with Crippen LogP contribution in [0.25, 0.3) is 11.4 Å². The second-order valence-electron chi connectivity index (χ2n) is 6.38. The van der Waals surface area contributed by atoms with Crippen molar-refractivity contribution in [2.75, 3.05) is 39.3 Å². The summed E-state index contributed by atoms with van der Waals surface area (Å²) in [6.45, 7) is 7.00. The molecule has 0 aliphatic carbocycles. The van der Waals surface area contributed by atoms with Crippen LogP contribution in [0.5, 0.6) is 0 Å². The summed E-state index contributed by atoms with van der Waals surface area (Å²) in [5, 5.41) is 3.86. The third kappa shape index (κ3) is 4.22. The SMILES string of the molecule is CC(c1nc(-c2cccc(C(F)(F)F)c2)no1)N1CCN(CCN)CC1. The highest BCUT2D eigenvalue weighted by Gasteiger charge is 2.31. The molecule has 0 radical (unpaired) electrons. The smallest absolute Gasteiger partial charge is 0.337 e. The normalized spacial score (nSPS) is 18.2. The summed E-state index contributed by atoms with van der Waals surface area (Å²) in [6, 6.07) is 4.84. The summed E-state index contributed by atoms with van der Waals surface area (Å²) < 4.78 is 43.9. The second-order valence-corrected chi connectivity index (χ2v) is 6.38. The number of hydrogen-bond acceptors (Lipinski definition) is 6. The predicted octanol–water partition coefficient (Wildman–Crippen LogP) is 2.39. The monoisotopic (exact) mass is 369 g/mol. The van der Waals surface area contributed by atoms with Gasteiger partial charge in [0.1, 0.15) is 0 Å². The minimum absolute atomic E-state index is 0.0953. The van der Waals surface area contributed by atoms with Crippen molar-refractivity contribution in [3.8, 4) is 11.4 Å². The van der Waals surface area contributed by atoms with Crippen LogP contribution in [0.4, 0.5) is 13.2 Å². The van der Waals surface area contributed by atoms with Crippen molar-refractivity contribution in [3.63, 3.8) is 0 Å². The number of halogens is 3. The average molecular weight is 369 g/mol. The lowest BCUT2D eigenvalue weighted by atomic mass is 10.1. The number of piperazine rings is 1. The molecule has 1 aliphatic heterocycles. The Balaban J connectivity index is 1.70. The lowest BCUT2D eigenvalue weighted by Gasteiger charge is -2.36. The molecule has 9 heteroatoms. The van der Waals surface area contributed by atoms with Gasteiger partial charge in [0, 0.05) is 44.8 Å². The maximum absolute atomic E-state index is 12.9. The van der Waals surface area contributed by atoms with Crippen LogP contribution in [0.1, 0.15) is 24.4 Å². The van der Waals surface area contributed by atoms with Gasteiger partial charge in [-0.1, -0.05) is 17.3 Å². The van der Waals surface area contributed by atoms with Gasteiger partial charge < -0.3 is 10.3 Å². The number of rotatable bonds is 5. The van der Waals surface area contributed by atoms with Gasteiger partial charge in [0.25, 0.3) is 0 Å². The van der Waals surface area contributed by atoms with E-state index in [9.17, 15) is 13.2 Å². The lowest BCUT2D eigenvalue weighted by molar-refractivity contribution is -0.137. The predicted molar refractivity (Wildman–Crippen MR) is 90.2 cm³/mol. The van der Waals surface area contributed by atoms with Crippen molar-refractivity contribution in [2.24, 2.45) is 5.73 Å². The van der Waals surface area contributed by atoms with Gasteiger partial charge in [-0.25, -0.2) is 0 Å². The fourth-order valence-corrected chi connectivity index (χ4v) is 3.07. The third-order valence-corrected chi connectivity index (χ3v) is 4.65. The zero-order valence-electron chi connectivity index (χ0n) is 14.5. The van der Waals surface area contributed by atoms with Crippen LogP contribution in [0.2, 0.25) is 0 Å². The number of aromatic nitrogens is 2. The fraction of sp³-hybridized carbons (Fsp3) is 0.529. The van der Waals surface area contributed by atoms with Gasteiger partial charge in [-0.3, -0.25) is 9.80 Å². The zero-order valence-corrected chi connectivity index (χ0v) is 14.5. The number of nitrogens with zero attached hydrogens (tertiary/aromatic N) is 4. The van der Waals surface area contributed by atoms with E-state index in [1.807, 2.05) is 6.92 Å². The van der Waals surface area contributed by atoms with Crippen LogP contribution in [-0.2, 0) is 6.18 Å². The van der Waals surface area contributed by atoms with E-state index >= 15 is 0 Å². The summed E-state index contributed by atoms with van der Waals surface area (Å²) in [7, 11) is 0. The molecule has 0 amide bonds. The molecule has 1 saturated heterocycles. The fourth-order valence-electron chi connectivity index (χ4n) is 3.07. The Morgan fingerprint density at radius 1 is 1.23 bits per heavy atom. The van der Waals surface area contributed by atoms with E-state index in [4.69, 9.17) is 10.3 Å². The molecule has 1 aromatic carbocycles. The van der Waals surface area contributed by atoms with E-state index in [0.29, 0.717) is 12.4 Å². The first-order valence-electron chi connectivity index (χ1n) is 8.56. The van der Waals surface area contributed by atoms with Crippen LogP contribution in [0, 0.1) is 0 Å². The van der Waals surface area contributed by atoms with E-state index in [2.05, 4.69) is 19.9 Å². The molecule has 1 fully saturated rings. The van der Waals surface area contributed by atoms with Gasteiger partial charge in [0.15, 0.2) is 0 Å². The van der Waals surface area contributed by atoms with Crippen molar-refractivity contribution in [2.45, 2.75) is 19.1 Å². The minimum atomic E-state index is -4.40. The maximum Gasteiger partial charge on any atom is 0.416 e. The van der Waals surface area contributed by atoms with E-state index in [-0.39, 0.29) is 17.4 Å². The largest absolute Gasteiger partial charge is 0.416 e. The molecule has 3 rings (SSSR count). The molecule has 0 saturated carbocycles. The van der Waals surface area contributed by atoms with Crippen molar-refractivity contribution in [1.82, 2.24) is 19.9 Å². The zero-order chi connectivity index (χ0) is 18.7. The Morgan fingerprint density at radius 3 is 2.62 bits per heavy atom. The van der Waals surface area contributed by atoms with Crippen LogP contribution in [0.3, 0.4) is 0 Å². The number of benzene rings is 1. The Hall–Kier alpha value is -1.97. The maximum atomic E-state index is 12.9. The third-order valence-electron chi connectivity index (χ3n) is 4.65. The minimum Gasteiger partial charge on any atom is -0.337 e. The Bertz CT molecular complexity index is 725. The molecule has 2 aromatic rings. The first-order valence-corrected chi connectivity index (χ1v) is 8.56. The molecule has 2 N–H and O–H groups in total. The molecular weight excluding hydrogens is 347 g/mol. The van der Waals surface area contributed by atoms with E-state index in [1.165, 1.54) is 6.07 Å². The van der Waals surface area contributed by atoms with Gasteiger partial charge in [-0.15, -0.1) is 0 Å². The molecule has 1 unspecified atom stereocenters. The lowest BCUT2D eigenvalue weighted by Crippen LogP contribution is -2.48. The van der Waals surface area contributed by atoms with Crippen molar-refractivity contribution >= 4 is 0 Å². The first kappa shape index (κ1) is 18.8. The molecule has 1 atom stereocenters. The Kier molecular flexibility index (Phi) is 5.59. The summed E-state index contributed by atoms with van der Waals surface area (Å²) in [5.74, 6) is 0.574. The molecular formula is C17H22F3N5O. The van der Waals surface area contributed by atoms with Gasteiger partial charge in [-0.05, 0) is 19.1 Å². The summed E-state index contributed by atoms with van der Waals surface area (Å²) >= 11 is 0. The van der Waals surface area contributed by atoms with Crippen LogP contribution in [0.15, 0.2) is 28.8 Å². The highest BCUT2D eigenvalue weighted by atomic mass is 19.4. The topological polar surface area (TPSA) is 71.4 Å². The van der Waals surface area contributed by atoms with Crippen LogP contribution < -0.4 is 5.73 Å².